The minimum Gasteiger partial charge on any atom is -0.494 e. The van der Waals surface area contributed by atoms with Crippen LogP contribution in [0.25, 0.3) is 11.1 Å². The van der Waals surface area contributed by atoms with Crippen molar-refractivity contribution in [3.05, 3.63) is 53.3 Å². The molecule has 2 aromatic rings. The van der Waals surface area contributed by atoms with Crippen molar-refractivity contribution in [3.8, 4) is 16.9 Å². The molecule has 0 amide bonds. The third-order valence-corrected chi connectivity index (χ3v) is 5.38. The Bertz CT molecular complexity index is 780. The number of carbonyl (C=O) groups excluding carboxylic acids is 1. The lowest BCUT2D eigenvalue weighted by molar-refractivity contribution is 0.112. The lowest BCUT2D eigenvalue weighted by Gasteiger charge is -2.29. The first kappa shape index (κ1) is 17.7. The summed E-state index contributed by atoms with van der Waals surface area (Å²) in [7, 11) is 0. The number of aldehydes is 1. The van der Waals surface area contributed by atoms with Gasteiger partial charge in [0.2, 0.25) is 0 Å². The third-order valence-electron chi connectivity index (χ3n) is 5.38. The van der Waals surface area contributed by atoms with Crippen LogP contribution in [-0.2, 0) is 0 Å². The molecule has 1 fully saturated rings. The zero-order valence-corrected chi connectivity index (χ0v) is 15.1. The molecule has 2 nitrogen and oxygen atoms in total. The van der Waals surface area contributed by atoms with Crippen LogP contribution in [0, 0.1) is 11.2 Å². The molecule has 0 bridgehead atoms. The van der Waals surface area contributed by atoms with Crippen LogP contribution < -0.4 is 4.74 Å². The van der Waals surface area contributed by atoms with Gasteiger partial charge in [0.1, 0.15) is 17.9 Å². The van der Waals surface area contributed by atoms with E-state index in [1.807, 2.05) is 19.1 Å². The maximum absolute atomic E-state index is 14.6. The molecule has 25 heavy (non-hydrogen) atoms. The summed E-state index contributed by atoms with van der Waals surface area (Å²) in [5.41, 5.74) is 3.26. The number of rotatable bonds is 5. The van der Waals surface area contributed by atoms with Crippen molar-refractivity contribution in [2.24, 2.45) is 5.41 Å². The first-order valence-corrected chi connectivity index (χ1v) is 8.98. The molecule has 0 heterocycles. The second-order valence-corrected chi connectivity index (χ2v) is 7.47. The summed E-state index contributed by atoms with van der Waals surface area (Å²) < 4.78 is 20.2. The first-order valence-electron chi connectivity index (χ1n) is 8.98. The number of carbonyl (C=O) groups is 1. The molecule has 2 aromatic carbocycles. The van der Waals surface area contributed by atoms with Crippen molar-refractivity contribution in [3.63, 3.8) is 0 Å². The van der Waals surface area contributed by atoms with Crippen LogP contribution in [-0.4, -0.2) is 12.9 Å². The molecule has 0 radical (unpaired) electrons. The Balaban J connectivity index is 2.16. The minimum atomic E-state index is -0.264. The van der Waals surface area contributed by atoms with Crippen molar-refractivity contribution >= 4 is 6.29 Å². The van der Waals surface area contributed by atoms with Gasteiger partial charge in [-0.1, -0.05) is 32.4 Å². The standard InChI is InChI=1S/C22H25FO2/c1-4-25-16-8-10-21(23)19(13-16)17-9-7-15(14-24)12-18(17)20-6-5-11-22(20,2)3/h7-10,12-14,20H,4-6,11H2,1-3H3. The highest BCUT2D eigenvalue weighted by Gasteiger charge is 2.37. The van der Waals surface area contributed by atoms with Gasteiger partial charge in [0, 0.05) is 11.1 Å². The van der Waals surface area contributed by atoms with E-state index in [1.165, 1.54) is 6.07 Å². The predicted molar refractivity (Wildman–Crippen MR) is 98.8 cm³/mol. The van der Waals surface area contributed by atoms with Crippen molar-refractivity contribution in [2.45, 2.75) is 46.0 Å². The summed E-state index contributed by atoms with van der Waals surface area (Å²) in [6.45, 7) is 6.97. The van der Waals surface area contributed by atoms with Gasteiger partial charge < -0.3 is 4.74 Å². The smallest absolute Gasteiger partial charge is 0.150 e. The van der Waals surface area contributed by atoms with Gasteiger partial charge in [-0.2, -0.15) is 0 Å². The average molecular weight is 340 g/mol. The fourth-order valence-corrected chi connectivity index (χ4v) is 4.06. The molecule has 1 aliphatic carbocycles. The molecule has 0 aromatic heterocycles. The topological polar surface area (TPSA) is 26.3 Å². The second kappa shape index (κ2) is 6.99. The summed E-state index contributed by atoms with van der Waals surface area (Å²) in [4.78, 5) is 11.3. The number of ether oxygens (including phenoxy) is 1. The fraction of sp³-hybridized carbons (Fsp3) is 0.409. The lowest BCUT2D eigenvalue weighted by Crippen LogP contribution is -2.16. The molecule has 1 unspecified atom stereocenters. The van der Waals surface area contributed by atoms with E-state index < -0.39 is 0 Å². The van der Waals surface area contributed by atoms with Gasteiger partial charge in [-0.15, -0.1) is 0 Å². The largest absolute Gasteiger partial charge is 0.494 e. The van der Waals surface area contributed by atoms with Crippen LogP contribution in [0.4, 0.5) is 4.39 Å². The Morgan fingerprint density at radius 1 is 1.20 bits per heavy atom. The van der Waals surface area contributed by atoms with Crippen LogP contribution in [0.3, 0.4) is 0 Å². The molecule has 132 valence electrons. The Labute approximate surface area is 149 Å². The van der Waals surface area contributed by atoms with Gasteiger partial charge in [-0.25, -0.2) is 4.39 Å². The van der Waals surface area contributed by atoms with Crippen LogP contribution in [0.5, 0.6) is 5.75 Å². The van der Waals surface area contributed by atoms with Crippen LogP contribution in [0.15, 0.2) is 36.4 Å². The Kier molecular flexibility index (Phi) is 4.94. The highest BCUT2D eigenvalue weighted by Crippen LogP contribution is 2.51. The van der Waals surface area contributed by atoms with Crippen molar-refractivity contribution < 1.29 is 13.9 Å². The number of halogens is 1. The average Bonchev–Trinajstić information content (AvgIpc) is 2.95. The van der Waals surface area contributed by atoms with Crippen LogP contribution >= 0.6 is 0 Å². The van der Waals surface area contributed by atoms with E-state index >= 15 is 0 Å². The van der Waals surface area contributed by atoms with E-state index in [0.717, 1.165) is 36.7 Å². The molecule has 0 spiro atoms. The van der Waals surface area contributed by atoms with E-state index in [4.69, 9.17) is 4.74 Å². The molecule has 3 heteroatoms. The number of benzene rings is 2. The van der Waals surface area contributed by atoms with E-state index in [2.05, 4.69) is 13.8 Å². The molecule has 1 saturated carbocycles. The van der Waals surface area contributed by atoms with Crippen molar-refractivity contribution in [1.82, 2.24) is 0 Å². The van der Waals surface area contributed by atoms with E-state index in [1.54, 1.807) is 18.2 Å². The monoisotopic (exact) mass is 340 g/mol. The highest BCUT2D eigenvalue weighted by molar-refractivity contribution is 5.79. The maximum Gasteiger partial charge on any atom is 0.150 e. The summed E-state index contributed by atoms with van der Waals surface area (Å²) >= 11 is 0. The maximum atomic E-state index is 14.6. The number of hydrogen-bond acceptors (Lipinski definition) is 2. The van der Waals surface area contributed by atoms with Gasteiger partial charge in [0.05, 0.1) is 6.61 Å². The molecule has 3 rings (SSSR count). The van der Waals surface area contributed by atoms with Crippen molar-refractivity contribution in [2.75, 3.05) is 6.61 Å². The predicted octanol–water partition coefficient (Wildman–Crippen LogP) is 6.00. The quantitative estimate of drug-likeness (QED) is 0.624. The van der Waals surface area contributed by atoms with Gasteiger partial charge in [0.15, 0.2) is 0 Å². The molecular formula is C22H25FO2. The van der Waals surface area contributed by atoms with Crippen molar-refractivity contribution in [1.29, 1.82) is 0 Å². The molecule has 0 N–H and O–H groups in total. The van der Waals surface area contributed by atoms with Gasteiger partial charge in [-0.05, 0) is 66.5 Å². The molecule has 1 atom stereocenters. The summed E-state index contributed by atoms with van der Waals surface area (Å²) in [5, 5.41) is 0. The van der Waals surface area contributed by atoms with Gasteiger partial charge in [0.25, 0.3) is 0 Å². The highest BCUT2D eigenvalue weighted by atomic mass is 19.1. The summed E-state index contributed by atoms with van der Waals surface area (Å²) in [5.74, 6) is 0.715. The molecule has 0 saturated heterocycles. The van der Waals surface area contributed by atoms with E-state index in [0.29, 0.717) is 29.4 Å². The normalized spacial score (nSPS) is 19.0. The van der Waals surface area contributed by atoms with E-state index in [9.17, 15) is 9.18 Å². The van der Waals surface area contributed by atoms with Crippen LogP contribution in [0.1, 0.15) is 61.9 Å². The first-order chi connectivity index (χ1) is 12.0. The Hall–Kier alpha value is -2.16. The van der Waals surface area contributed by atoms with Gasteiger partial charge >= 0.3 is 0 Å². The fourth-order valence-electron chi connectivity index (χ4n) is 4.06. The van der Waals surface area contributed by atoms with Gasteiger partial charge in [-0.3, -0.25) is 4.79 Å². The minimum absolute atomic E-state index is 0.143. The zero-order valence-electron chi connectivity index (χ0n) is 15.1. The summed E-state index contributed by atoms with van der Waals surface area (Å²) in [6, 6.07) is 10.5. The number of hydrogen-bond donors (Lipinski definition) is 0. The second-order valence-electron chi connectivity index (χ2n) is 7.47. The third kappa shape index (κ3) is 3.46. The molecular weight excluding hydrogens is 315 g/mol. The zero-order chi connectivity index (χ0) is 18.0. The molecule has 1 aliphatic rings. The van der Waals surface area contributed by atoms with Crippen LogP contribution in [0.2, 0.25) is 0 Å². The Morgan fingerprint density at radius 2 is 2.00 bits per heavy atom. The SMILES string of the molecule is CCOc1ccc(F)c(-c2ccc(C=O)cc2C2CCCC2(C)C)c1. The summed E-state index contributed by atoms with van der Waals surface area (Å²) in [6.07, 6.45) is 4.23. The Morgan fingerprint density at radius 3 is 2.64 bits per heavy atom. The van der Waals surface area contributed by atoms with E-state index in [-0.39, 0.29) is 11.2 Å². The molecule has 0 aliphatic heterocycles. The lowest BCUT2D eigenvalue weighted by atomic mass is 9.75.